The summed E-state index contributed by atoms with van der Waals surface area (Å²) in [4.78, 5) is 4.42. The Bertz CT molecular complexity index is 497. The zero-order valence-electron chi connectivity index (χ0n) is 10.4. The van der Waals surface area contributed by atoms with Crippen molar-refractivity contribution in [1.82, 2.24) is 4.98 Å². The molecule has 0 atom stereocenters. The fraction of sp³-hybridized carbons (Fsp3) is 0.357. The zero-order chi connectivity index (χ0) is 12.1. The molecule has 0 bridgehead atoms. The fourth-order valence-corrected chi connectivity index (χ4v) is 1.82. The number of nitrogens with one attached hydrogen (secondary N) is 1. The summed E-state index contributed by atoms with van der Waals surface area (Å²) >= 11 is 0. The number of hydrogen-bond acceptors (Lipinski definition) is 3. The van der Waals surface area contributed by atoms with Gasteiger partial charge in [-0.1, -0.05) is 19.4 Å². The number of hydrogen-bond donors (Lipinski definition) is 1. The van der Waals surface area contributed by atoms with Crippen LogP contribution in [0.4, 0.5) is 5.69 Å². The van der Waals surface area contributed by atoms with Gasteiger partial charge < -0.3 is 10.1 Å². The highest BCUT2D eigenvalue weighted by Crippen LogP contribution is 2.27. The molecule has 3 heteroatoms. The summed E-state index contributed by atoms with van der Waals surface area (Å²) in [6.07, 6.45) is 4.16. The SMILES string of the molecule is CCCCNc1cc(OC)cc2cccnc12. The highest BCUT2D eigenvalue weighted by molar-refractivity contribution is 5.91. The molecule has 0 spiro atoms. The number of fused-ring (bicyclic) bond motifs is 1. The van der Waals surface area contributed by atoms with Crippen LogP contribution in [0.3, 0.4) is 0 Å². The minimum absolute atomic E-state index is 0.865. The fourth-order valence-electron chi connectivity index (χ4n) is 1.82. The van der Waals surface area contributed by atoms with E-state index in [1.165, 1.54) is 6.42 Å². The maximum absolute atomic E-state index is 5.30. The van der Waals surface area contributed by atoms with E-state index in [0.717, 1.165) is 35.3 Å². The molecular formula is C14H18N2O. The molecule has 0 aliphatic heterocycles. The Morgan fingerprint density at radius 3 is 3.00 bits per heavy atom. The lowest BCUT2D eigenvalue weighted by molar-refractivity contribution is 0.415. The first-order chi connectivity index (χ1) is 8.35. The highest BCUT2D eigenvalue weighted by atomic mass is 16.5. The number of ether oxygens (including phenoxy) is 1. The van der Waals surface area contributed by atoms with Crippen LogP contribution in [0.5, 0.6) is 5.75 Å². The van der Waals surface area contributed by atoms with Crippen LogP contribution in [-0.4, -0.2) is 18.6 Å². The predicted octanol–water partition coefficient (Wildman–Crippen LogP) is 3.46. The van der Waals surface area contributed by atoms with Gasteiger partial charge >= 0.3 is 0 Å². The molecule has 1 heterocycles. The molecule has 2 rings (SSSR count). The molecule has 1 aromatic carbocycles. The number of unbranched alkanes of at least 4 members (excludes halogenated alkanes) is 1. The average Bonchev–Trinajstić information content (AvgIpc) is 2.38. The van der Waals surface area contributed by atoms with E-state index in [1.54, 1.807) is 7.11 Å². The molecule has 1 N–H and O–H groups in total. The molecule has 90 valence electrons. The van der Waals surface area contributed by atoms with Crippen LogP contribution in [0.1, 0.15) is 19.8 Å². The number of anilines is 1. The second-order valence-corrected chi connectivity index (χ2v) is 4.03. The van der Waals surface area contributed by atoms with Crippen LogP contribution in [0.25, 0.3) is 10.9 Å². The molecular weight excluding hydrogens is 212 g/mol. The monoisotopic (exact) mass is 230 g/mol. The molecule has 0 unspecified atom stereocenters. The smallest absolute Gasteiger partial charge is 0.121 e. The van der Waals surface area contributed by atoms with Gasteiger partial charge in [-0.3, -0.25) is 4.98 Å². The van der Waals surface area contributed by atoms with Gasteiger partial charge in [-0.05, 0) is 18.6 Å². The zero-order valence-corrected chi connectivity index (χ0v) is 10.4. The van der Waals surface area contributed by atoms with Crippen molar-refractivity contribution in [3.05, 3.63) is 30.5 Å². The number of rotatable bonds is 5. The topological polar surface area (TPSA) is 34.1 Å². The Morgan fingerprint density at radius 1 is 1.35 bits per heavy atom. The average molecular weight is 230 g/mol. The summed E-state index contributed by atoms with van der Waals surface area (Å²) < 4.78 is 5.30. The lowest BCUT2D eigenvalue weighted by Gasteiger charge is -2.10. The summed E-state index contributed by atoms with van der Waals surface area (Å²) in [5.74, 6) is 0.865. The summed E-state index contributed by atoms with van der Waals surface area (Å²) in [6, 6.07) is 8.01. The molecule has 17 heavy (non-hydrogen) atoms. The number of nitrogens with zero attached hydrogens (tertiary/aromatic N) is 1. The van der Waals surface area contributed by atoms with Gasteiger partial charge in [-0.2, -0.15) is 0 Å². The van der Waals surface area contributed by atoms with Crippen LogP contribution in [0.2, 0.25) is 0 Å². The molecule has 0 saturated heterocycles. The number of methoxy groups -OCH3 is 1. The standard InChI is InChI=1S/C14H18N2O/c1-3-4-7-15-13-10-12(17-2)9-11-6-5-8-16-14(11)13/h5-6,8-10,15H,3-4,7H2,1-2H3. The summed E-state index contributed by atoms with van der Waals surface area (Å²) in [6.45, 7) is 3.15. The van der Waals surface area contributed by atoms with Crippen molar-refractivity contribution in [3.63, 3.8) is 0 Å². The molecule has 0 saturated carbocycles. The third kappa shape index (κ3) is 2.67. The summed E-state index contributed by atoms with van der Waals surface area (Å²) in [7, 11) is 1.69. The van der Waals surface area contributed by atoms with Crippen LogP contribution >= 0.6 is 0 Å². The number of benzene rings is 1. The van der Waals surface area contributed by atoms with Gasteiger partial charge in [0, 0.05) is 24.2 Å². The molecule has 3 nitrogen and oxygen atoms in total. The van der Waals surface area contributed by atoms with Gasteiger partial charge in [0.25, 0.3) is 0 Å². The Hall–Kier alpha value is -1.77. The minimum Gasteiger partial charge on any atom is -0.497 e. The Morgan fingerprint density at radius 2 is 2.24 bits per heavy atom. The lowest BCUT2D eigenvalue weighted by Crippen LogP contribution is -2.02. The van der Waals surface area contributed by atoms with E-state index in [-0.39, 0.29) is 0 Å². The second kappa shape index (κ2) is 5.53. The van der Waals surface area contributed by atoms with Gasteiger partial charge in [0.2, 0.25) is 0 Å². The van der Waals surface area contributed by atoms with E-state index in [2.05, 4.69) is 23.3 Å². The number of pyridine rings is 1. The van der Waals surface area contributed by atoms with E-state index in [4.69, 9.17) is 4.74 Å². The van der Waals surface area contributed by atoms with Gasteiger partial charge in [0.05, 0.1) is 18.3 Å². The highest BCUT2D eigenvalue weighted by Gasteiger charge is 2.04. The van der Waals surface area contributed by atoms with Gasteiger partial charge in [-0.25, -0.2) is 0 Å². The van der Waals surface area contributed by atoms with Crippen molar-refractivity contribution < 1.29 is 4.74 Å². The molecule has 0 aliphatic rings. The third-order valence-electron chi connectivity index (χ3n) is 2.76. The quantitative estimate of drug-likeness (QED) is 0.799. The minimum atomic E-state index is 0.865. The Kier molecular flexibility index (Phi) is 3.81. The first kappa shape index (κ1) is 11.7. The maximum Gasteiger partial charge on any atom is 0.121 e. The molecule has 2 aromatic rings. The summed E-state index contributed by atoms with van der Waals surface area (Å²) in [5, 5.41) is 4.52. The van der Waals surface area contributed by atoms with Crippen LogP contribution < -0.4 is 10.1 Å². The van der Waals surface area contributed by atoms with Gasteiger partial charge in [0.1, 0.15) is 5.75 Å². The maximum atomic E-state index is 5.30. The number of aromatic nitrogens is 1. The largest absolute Gasteiger partial charge is 0.497 e. The first-order valence-corrected chi connectivity index (χ1v) is 6.01. The van der Waals surface area contributed by atoms with Crippen molar-refractivity contribution in [2.24, 2.45) is 0 Å². The van der Waals surface area contributed by atoms with E-state index in [0.29, 0.717) is 0 Å². The van der Waals surface area contributed by atoms with Gasteiger partial charge in [-0.15, -0.1) is 0 Å². The van der Waals surface area contributed by atoms with Crippen molar-refractivity contribution in [3.8, 4) is 5.75 Å². The van der Waals surface area contributed by atoms with Crippen LogP contribution in [0.15, 0.2) is 30.5 Å². The van der Waals surface area contributed by atoms with E-state index in [1.807, 2.05) is 24.4 Å². The Labute approximate surface area is 102 Å². The molecule has 0 fully saturated rings. The normalized spacial score (nSPS) is 10.5. The van der Waals surface area contributed by atoms with E-state index in [9.17, 15) is 0 Å². The molecule has 0 aliphatic carbocycles. The van der Waals surface area contributed by atoms with Crippen molar-refractivity contribution in [2.45, 2.75) is 19.8 Å². The van der Waals surface area contributed by atoms with Gasteiger partial charge in [0.15, 0.2) is 0 Å². The first-order valence-electron chi connectivity index (χ1n) is 6.01. The van der Waals surface area contributed by atoms with Crippen molar-refractivity contribution >= 4 is 16.6 Å². The third-order valence-corrected chi connectivity index (χ3v) is 2.76. The summed E-state index contributed by atoms with van der Waals surface area (Å²) in [5.41, 5.74) is 2.05. The van der Waals surface area contributed by atoms with Crippen molar-refractivity contribution in [2.75, 3.05) is 19.0 Å². The predicted molar refractivity (Wildman–Crippen MR) is 71.7 cm³/mol. The molecule has 0 radical (unpaired) electrons. The lowest BCUT2D eigenvalue weighted by atomic mass is 10.1. The molecule has 0 amide bonds. The van der Waals surface area contributed by atoms with E-state index >= 15 is 0 Å². The second-order valence-electron chi connectivity index (χ2n) is 4.03. The van der Waals surface area contributed by atoms with Crippen LogP contribution in [-0.2, 0) is 0 Å². The Balaban J connectivity index is 2.36. The van der Waals surface area contributed by atoms with Crippen LogP contribution in [0, 0.1) is 0 Å². The molecule has 1 aromatic heterocycles. The van der Waals surface area contributed by atoms with Crippen molar-refractivity contribution in [1.29, 1.82) is 0 Å². The van der Waals surface area contributed by atoms with E-state index < -0.39 is 0 Å².